The van der Waals surface area contributed by atoms with Gasteiger partial charge in [0.2, 0.25) is 0 Å². The minimum Gasteiger partial charge on any atom is -0.314 e. The zero-order chi connectivity index (χ0) is 13.1. The average Bonchev–Trinajstić information content (AvgIpc) is 2.88. The third kappa shape index (κ3) is 2.99. The predicted octanol–water partition coefficient (Wildman–Crippen LogP) is 1.55. The first-order chi connectivity index (χ1) is 9.34. The molecule has 104 valence electrons. The highest BCUT2D eigenvalue weighted by atomic mass is 15.3. The number of likely N-dealkylation sites (N-methyl/N-ethyl adjacent to an activating group) is 1. The van der Waals surface area contributed by atoms with Crippen LogP contribution in [0.4, 0.5) is 0 Å². The van der Waals surface area contributed by atoms with Crippen LogP contribution >= 0.6 is 0 Å². The van der Waals surface area contributed by atoms with Crippen molar-refractivity contribution in [1.82, 2.24) is 15.1 Å². The molecule has 3 rings (SSSR count). The van der Waals surface area contributed by atoms with Gasteiger partial charge >= 0.3 is 0 Å². The van der Waals surface area contributed by atoms with E-state index in [1.807, 2.05) is 0 Å². The van der Waals surface area contributed by atoms with E-state index in [4.69, 9.17) is 0 Å². The quantitative estimate of drug-likeness (QED) is 0.888. The number of hydrogen-bond acceptors (Lipinski definition) is 3. The highest BCUT2D eigenvalue weighted by Crippen LogP contribution is 2.25. The van der Waals surface area contributed by atoms with Crippen LogP contribution in [-0.4, -0.2) is 55.1 Å². The Bertz CT molecular complexity index is 392. The van der Waals surface area contributed by atoms with Crippen LogP contribution in [0.5, 0.6) is 0 Å². The minimum absolute atomic E-state index is 0.681. The molecule has 0 amide bonds. The summed E-state index contributed by atoms with van der Waals surface area (Å²) in [5.41, 5.74) is 1.45. The Hall–Kier alpha value is -0.900. The lowest BCUT2D eigenvalue weighted by Crippen LogP contribution is -2.57. The molecule has 2 aliphatic heterocycles. The van der Waals surface area contributed by atoms with Gasteiger partial charge < -0.3 is 5.32 Å². The summed E-state index contributed by atoms with van der Waals surface area (Å²) in [5, 5.41) is 3.56. The molecule has 2 saturated heterocycles. The van der Waals surface area contributed by atoms with Gasteiger partial charge in [-0.3, -0.25) is 9.80 Å². The summed E-state index contributed by atoms with van der Waals surface area (Å²) in [6, 6.07) is 12.3. The molecule has 2 heterocycles. The van der Waals surface area contributed by atoms with Crippen molar-refractivity contribution < 1.29 is 0 Å². The second kappa shape index (κ2) is 6.04. The topological polar surface area (TPSA) is 18.5 Å². The van der Waals surface area contributed by atoms with Crippen molar-refractivity contribution >= 4 is 0 Å². The lowest BCUT2D eigenvalue weighted by molar-refractivity contribution is 0.0987. The molecule has 19 heavy (non-hydrogen) atoms. The lowest BCUT2D eigenvalue weighted by atomic mass is 10.0. The third-order valence-corrected chi connectivity index (χ3v) is 4.65. The van der Waals surface area contributed by atoms with Crippen LogP contribution < -0.4 is 5.32 Å². The number of rotatable bonds is 3. The van der Waals surface area contributed by atoms with Crippen LogP contribution in [0.15, 0.2) is 30.3 Å². The van der Waals surface area contributed by atoms with Crippen molar-refractivity contribution in [2.24, 2.45) is 0 Å². The van der Waals surface area contributed by atoms with Crippen LogP contribution in [0.1, 0.15) is 18.4 Å². The fourth-order valence-electron chi connectivity index (χ4n) is 3.56. The van der Waals surface area contributed by atoms with Gasteiger partial charge in [0.25, 0.3) is 0 Å². The van der Waals surface area contributed by atoms with E-state index in [0.717, 1.165) is 25.7 Å². The van der Waals surface area contributed by atoms with E-state index in [2.05, 4.69) is 52.5 Å². The van der Waals surface area contributed by atoms with Crippen molar-refractivity contribution in [3.8, 4) is 0 Å². The molecule has 2 atom stereocenters. The minimum atomic E-state index is 0.681. The zero-order valence-corrected chi connectivity index (χ0v) is 11.9. The van der Waals surface area contributed by atoms with Gasteiger partial charge in [-0.05, 0) is 32.0 Å². The highest BCUT2D eigenvalue weighted by Gasteiger charge is 2.34. The summed E-state index contributed by atoms with van der Waals surface area (Å²) in [6.45, 7) is 5.82. The van der Waals surface area contributed by atoms with Gasteiger partial charge in [0.15, 0.2) is 0 Å². The van der Waals surface area contributed by atoms with E-state index in [9.17, 15) is 0 Å². The van der Waals surface area contributed by atoms with E-state index < -0.39 is 0 Å². The highest BCUT2D eigenvalue weighted by molar-refractivity contribution is 5.15. The van der Waals surface area contributed by atoms with Crippen LogP contribution in [0.2, 0.25) is 0 Å². The number of likely N-dealkylation sites (tertiary alicyclic amines) is 1. The number of piperazine rings is 1. The Morgan fingerprint density at radius 2 is 2.00 bits per heavy atom. The summed E-state index contributed by atoms with van der Waals surface area (Å²) in [6.07, 6.45) is 2.70. The molecule has 0 saturated carbocycles. The van der Waals surface area contributed by atoms with Gasteiger partial charge in [-0.2, -0.15) is 0 Å². The molecule has 2 fully saturated rings. The Kier molecular flexibility index (Phi) is 4.16. The normalized spacial score (nSPS) is 29.7. The molecule has 2 unspecified atom stereocenters. The Morgan fingerprint density at radius 1 is 1.16 bits per heavy atom. The molecule has 2 aliphatic rings. The largest absolute Gasteiger partial charge is 0.314 e. The van der Waals surface area contributed by atoms with Gasteiger partial charge in [0.05, 0.1) is 0 Å². The van der Waals surface area contributed by atoms with Crippen LogP contribution in [0.3, 0.4) is 0 Å². The zero-order valence-electron chi connectivity index (χ0n) is 11.9. The van der Waals surface area contributed by atoms with Crippen molar-refractivity contribution in [2.45, 2.75) is 31.5 Å². The summed E-state index contributed by atoms with van der Waals surface area (Å²) < 4.78 is 0. The maximum absolute atomic E-state index is 3.56. The molecule has 0 radical (unpaired) electrons. The van der Waals surface area contributed by atoms with Crippen molar-refractivity contribution in [3.63, 3.8) is 0 Å². The maximum atomic E-state index is 3.56. The smallest absolute Gasteiger partial charge is 0.0373 e. The monoisotopic (exact) mass is 259 g/mol. The van der Waals surface area contributed by atoms with Crippen LogP contribution in [0, 0.1) is 0 Å². The molecule has 3 nitrogen and oxygen atoms in total. The van der Waals surface area contributed by atoms with Gasteiger partial charge in [-0.15, -0.1) is 0 Å². The van der Waals surface area contributed by atoms with Crippen molar-refractivity contribution in [2.75, 3.05) is 33.2 Å². The number of hydrogen-bond donors (Lipinski definition) is 1. The first-order valence-electron chi connectivity index (χ1n) is 7.53. The van der Waals surface area contributed by atoms with Gasteiger partial charge in [0, 0.05) is 38.3 Å². The standard InChI is InChI=1S/C16H25N3/c1-18-11-9-17-12-16(18)15-8-5-10-19(15)13-14-6-3-2-4-7-14/h2-4,6-7,15-17H,5,8-13H2,1H3. The van der Waals surface area contributed by atoms with E-state index in [1.54, 1.807) is 0 Å². The first kappa shape index (κ1) is 13.1. The molecule has 0 bridgehead atoms. The number of nitrogens with zero attached hydrogens (tertiary/aromatic N) is 2. The van der Waals surface area contributed by atoms with Gasteiger partial charge in [-0.1, -0.05) is 30.3 Å². The van der Waals surface area contributed by atoms with E-state index >= 15 is 0 Å². The van der Waals surface area contributed by atoms with E-state index in [-0.39, 0.29) is 0 Å². The average molecular weight is 259 g/mol. The van der Waals surface area contributed by atoms with E-state index in [1.165, 1.54) is 31.5 Å². The summed E-state index contributed by atoms with van der Waals surface area (Å²) in [5.74, 6) is 0. The molecule has 1 N–H and O–H groups in total. The molecular formula is C16H25N3. The molecule has 0 aromatic heterocycles. The Morgan fingerprint density at radius 3 is 2.79 bits per heavy atom. The Labute approximate surface area is 116 Å². The molecular weight excluding hydrogens is 234 g/mol. The first-order valence-corrected chi connectivity index (χ1v) is 7.53. The van der Waals surface area contributed by atoms with Gasteiger partial charge in [-0.25, -0.2) is 0 Å². The second-order valence-corrected chi connectivity index (χ2v) is 5.92. The molecule has 3 heteroatoms. The predicted molar refractivity (Wildman–Crippen MR) is 79.2 cm³/mol. The van der Waals surface area contributed by atoms with Crippen molar-refractivity contribution in [1.29, 1.82) is 0 Å². The Balaban J connectivity index is 1.67. The molecule has 0 aliphatic carbocycles. The summed E-state index contributed by atoms with van der Waals surface area (Å²) >= 11 is 0. The fourth-order valence-corrected chi connectivity index (χ4v) is 3.56. The second-order valence-electron chi connectivity index (χ2n) is 5.92. The molecule has 1 aromatic rings. The van der Waals surface area contributed by atoms with Crippen LogP contribution in [0.25, 0.3) is 0 Å². The maximum Gasteiger partial charge on any atom is 0.0373 e. The number of benzene rings is 1. The fraction of sp³-hybridized carbons (Fsp3) is 0.625. The SMILES string of the molecule is CN1CCNCC1C1CCCN1Cc1ccccc1. The van der Waals surface area contributed by atoms with E-state index in [0.29, 0.717) is 6.04 Å². The van der Waals surface area contributed by atoms with Crippen LogP contribution in [-0.2, 0) is 6.54 Å². The third-order valence-electron chi connectivity index (χ3n) is 4.65. The van der Waals surface area contributed by atoms with Crippen molar-refractivity contribution in [3.05, 3.63) is 35.9 Å². The lowest BCUT2D eigenvalue weighted by Gasteiger charge is -2.40. The molecule has 0 spiro atoms. The molecule has 1 aromatic carbocycles. The van der Waals surface area contributed by atoms with Gasteiger partial charge in [0.1, 0.15) is 0 Å². The summed E-state index contributed by atoms with van der Waals surface area (Å²) in [7, 11) is 2.28. The number of nitrogens with one attached hydrogen (secondary N) is 1. The summed E-state index contributed by atoms with van der Waals surface area (Å²) in [4.78, 5) is 5.23.